The van der Waals surface area contributed by atoms with E-state index in [2.05, 4.69) is 53.4 Å². The van der Waals surface area contributed by atoms with Gasteiger partial charge in [0.15, 0.2) is 8.32 Å². The molecule has 0 bridgehead atoms. The first-order valence-electron chi connectivity index (χ1n) is 14.0. The molecule has 3 aromatic rings. The molecule has 2 aromatic carbocycles. The quantitative estimate of drug-likeness (QED) is 0.240. The molecule has 1 fully saturated rings. The molecule has 2 atom stereocenters. The number of rotatable bonds is 9. The van der Waals surface area contributed by atoms with Gasteiger partial charge < -0.3 is 18.6 Å². The lowest BCUT2D eigenvalue weighted by atomic mass is 10.0. The molecular formula is C30H39F3N4O4Si. The Balaban J connectivity index is 1.55. The van der Waals surface area contributed by atoms with Crippen LogP contribution in [0.3, 0.4) is 0 Å². The van der Waals surface area contributed by atoms with Crippen molar-refractivity contribution >= 4 is 14.4 Å². The van der Waals surface area contributed by atoms with Crippen molar-refractivity contribution in [3.63, 3.8) is 0 Å². The van der Waals surface area contributed by atoms with Gasteiger partial charge in [0.25, 0.3) is 0 Å². The maximum Gasteiger partial charge on any atom is 0.471 e. The summed E-state index contributed by atoms with van der Waals surface area (Å²) >= 11 is 0. The number of nitrogens with zero attached hydrogens (tertiary/aromatic N) is 4. The van der Waals surface area contributed by atoms with Crippen LogP contribution in [0.4, 0.5) is 18.0 Å². The Morgan fingerprint density at radius 3 is 2.50 bits per heavy atom. The van der Waals surface area contributed by atoms with Crippen LogP contribution in [0.15, 0.2) is 59.1 Å². The number of halogens is 3. The van der Waals surface area contributed by atoms with Crippen LogP contribution in [-0.2, 0) is 21.9 Å². The van der Waals surface area contributed by atoms with Gasteiger partial charge in [0, 0.05) is 32.2 Å². The summed E-state index contributed by atoms with van der Waals surface area (Å²) in [5, 5.41) is 3.62. The molecule has 1 unspecified atom stereocenters. The van der Waals surface area contributed by atoms with Gasteiger partial charge in [0.1, 0.15) is 6.61 Å². The maximum absolute atomic E-state index is 13.2. The molecule has 1 aliphatic rings. The zero-order chi connectivity index (χ0) is 30.7. The van der Waals surface area contributed by atoms with E-state index in [1.54, 1.807) is 25.2 Å². The standard InChI is InChI=1S/C30H39F3N4O4Si/c1-29(2,3)42(5,6)41-24-15-16-37(18-24)19-25(36(4)28(38)39-20-21-11-8-7-9-12-21)22-13-10-14-23(17-22)26-34-27(40-35-26)30(31,32)33/h7-14,17,24-25H,15-16,18-20H2,1-6H3/t24-,25?/m1/s1. The molecule has 1 aromatic heterocycles. The van der Waals surface area contributed by atoms with Crippen LogP contribution < -0.4 is 0 Å². The molecule has 228 valence electrons. The van der Waals surface area contributed by atoms with Crippen molar-refractivity contribution in [2.24, 2.45) is 0 Å². The molecule has 0 N–H and O–H groups in total. The smallest absolute Gasteiger partial charge is 0.445 e. The van der Waals surface area contributed by atoms with E-state index in [-0.39, 0.29) is 23.6 Å². The van der Waals surface area contributed by atoms with Gasteiger partial charge in [-0.2, -0.15) is 18.2 Å². The summed E-state index contributed by atoms with van der Waals surface area (Å²) in [5.74, 6) is -1.59. The number of benzene rings is 2. The van der Waals surface area contributed by atoms with Gasteiger partial charge in [-0.05, 0) is 41.7 Å². The number of ether oxygens (including phenoxy) is 1. The molecule has 1 amide bonds. The number of hydrogen-bond donors (Lipinski definition) is 0. The van der Waals surface area contributed by atoms with Gasteiger partial charge in [-0.25, -0.2) is 4.79 Å². The minimum Gasteiger partial charge on any atom is -0.445 e. The molecule has 0 saturated carbocycles. The third-order valence-electron chi connectivity index (χ3n) is 8.09. The molecular weight excluding hydrogens is 565 g/mol. The topological polar surface area (TPSA) is 80.9 Å². The van der Waals surface area contributed by atoms with Gasteiger partial charge in [-0.15, -0.1) is 0 Å². The number of carbonyl (C=O) groups excluding carboxylic acids is 1. The summed E-state index contributed by atoms with van der Waals surface area (Å²) in [7, 11) is -0.289. The molecule has 2 heterocycles. The second-order valence-electron chi connectivity index (χ2n) is 12.3. The van der Waals surface area contributed by atoms with Gasteiger partial charge in [0.05, 0.1) is 12.1 Å². The Morgan fingerprint density at radius 2 is 1.86 bits per heavy atom. The summed E-state index contributed by atoms with van der Waals surface area (Å²) in [4.78, 5) is 20.6. The first kappa shape index (κ1) is 31.7. The van der Waals surface area contributed by atoms with E-state index in [9.17, 15) is 18.0 Å². The fourth-order valence-corrected chi connectivity index (χ4v) is 6.02. The highest BCUT2D eigenvalue weighted by atomic mass is 28.4. The molecule has 8 nitrogen and oxygen atoms in total. The highest BCUT2D eigenvalue weighted by Gasteiger charge is 2.41. The van der Waals surface area contributed by atoms with Crippen molar-refractivity contribution in [1.29, 1.82) is 0 Å². The number of likely N-dealkylation sites (N-methyl/N-ethyl adjacent to an activating group) is 1. The third kappa shape index (κ3) is 7.78. The number of aromatic nitrogens is 2. The van der Waals surface area contributed by atoms with E-state index in [1.807, 2.05) is 36.4 Å². The van der Waals surface area contributed by atoms with E-state index in [0.29, 0.717) is 17.7 Å². The zero-order valence-electron chi connectivity index (χ0n) is 24.9. The van der Waals surface area contributed by atoms with Crippen LogP contribution in [0.5, 0.6) is 0 Å². The summed E-state index contributed by atoms with van der Waals surface area (Å²) < 4.78 is 55.9. The molecule has 12 heteroatoms. The number of hydrogen-bond acceptors (Lipinski definition) is 7. The first-order valence-corrected chi connectivity index (χ1v) is 16.9. The monoisotopic (exact) mass is 604 g/mol. The van der Waals surface area contributed by atoms with E-state index in [4.69, 9.17) is 9.16 Å². The number of carbonyl (C=O) groups is 1. The van der Waals surface area contributed by atoms with Crippen LogP contribution in [0.1, 0.15) is 50.3 Å². The molecule has 1 saturated heterocycles. The number of alkyl halides is 3. The van der Waals surface area contributed by atoms with Crippen molar-refractivity contribution in [2.75, 3.05) is 26.7 Å². The van der Waals surface area contributed by atoms with Gasteiger partial charge in [-0.3, -0.25) is 4.90 Å². The average molecular weight is 605 g/mol. The lowest BCUT2D eigenvalue weighted by Gasteiger charge is -2.38. The second-order valence-corrected chi connectivity index (χ2v) is 17.0. The molecule has 0 spiro atoms. The van der Waals surface area contributed by atoms with Gasteiger partial charge >= 0.3 is 18.2 Å². The van der Waals surface area contributed by atoms with Crippen molar-refractivity contribution in [1.82, 2.24) is 19.9 Å². The highest BCUT2D eigenvalue weighted by Crippen LogP contribution is 2.38. The minimum atomic E-state index is -4.74. The SMILES string of the molecule is CN(C(=O)OCc1ccccc1)C(CN1CC[C@@H](O[Si](C)(C)C(C)(C)C)C1)c1cccc(-c2noc(C(F)(F)F)n2)c1. The van der Waals surface area contributed by atoms with Gasteiger partial charge in [-0.1, -0.05) is 74.5 Å². The molecule has 0 aliphatic carbocycles. The lowest BCUT2D eigenvalue weighted by molar-refractivity contribution is -0.159. The highest BCUT2D eigenvalue weighted by molar-refractivity contribution is 6.74. The summed E-state index contributed by atoms with van der Waals surface area (Å²) in [5.41, 5.74) is 1.92. The van der Waals surface area contributed by atoms with E-state index in [0.717, 1.165) is 25.1 Å². The summed E-state index contributed by atoms with van der Waals surface area (Å²) in [6.45, 7) is 13.2. The molecule has 4 rings (SSSR count). The largest absolute Gasteiger partial charge is 0.471 e. The van der Waals surface area contributed by atoms with Gasteiger partial charge in [0.2, 0.25) is 5.82 Å². The Morgan fingerprint density at radius 1 is 1.14 bits per heavy atom. The fourth-order valence-electron chi connectivity index (χ4n) is 4.64. The maximum atomic E-state index is 13.2. The van der Waals surface area contributed by atoms with E-state index >= 15 is 0 Å². The third-order valence-corrected chi connectivity index (χ3v) is 12.6. The van der Waals surface area contributed by atoms with E-state index < -0.39 is 32.5 Å². The lowest BCUT2D eigenvalue weighted by Crippen LogP contribution is -2.45. The Kier molecular flexibility index (Phi) is 9.48. The first-order chi connectivity index (χ1) is 19.6. The minimum absolute atomic E-state index is 0.0905. The van der Waals surface area contributed by atoms with Crippen LogP contribution in [0.2, 0.25) is 18.1 Å². The summed E-state index contributed by atoms with van der Waals surface area (Å²) in [6.07, 6.45) is -4.29. The Hall–Kier alpha value is -3.22. The van der Waals surface area contributed by atoms with Crippen molar-refractivity contribution in [3.05, 3.63) is 71.6 Å². The molecule has 1 aliphatic heterocycles. The van der Waals surface area contributed by atoms with Crippen molar-refractivity contribution < 1.29 is 31.7 Å². The van der Waals surface area contributed by atoms with Crippen LogP contribution in [0.25, 0.3) is 11.4 Å². The van der Waals surface area contributed by atoms with Crippen molar-refractivity contribution in [3.8, 4) is 11.4 Å². The van der Waals surface area contributed by atoms with Crippen LogP contribution >= 0.6 is 0 Å². The van der Waals surface area contributed by atoms with E-state index in [1.165, 1.54) is 4.90 Å². The predicted molar refractivity (Wildman–Crippen MR) is 155 cm³/mol. The second kappa shape index (κ2) is 12.6. The van der Waals surface area contributed by atoms with Crippen LogP contribution in [0, 0.1) is 0 Å². The number of likely N-dealkylation sites (tertiary alicyclic amines) is 1. The fraction of sp³-hybridized carbons (Fsp3) is 0.500. The Labute approximate surface area is 245 Å². The molecule has 42 heavy (non-hydrogen) atoms. The normalized spacial score (nSPS) is 17.3. The molecule has 0 radical (unpaired) electrons. The van der Waals surface area contributed by atoms with Crippen LogP contribution in [-0.4, -0.2) is 67.1 Å². The summed E-state index contributed by atoms with van der Waals surface area (Å²) in [6, 6.07) is 15.8. The Bertz CT molecular complexity index is 1340. The predicted octanol–water partition coefficient (Wildman–Crippen LogP) is 7.16. The average Bonchev–Trinajstić information content (AvgIpc) is 3.60. The zero-order valence-corrected chi connectivity index (χ0v) is 25.9. The number of amides is 1. The van der Waals surface area contributed by atoms with Crippen molar-refractivity contribution in [2.45, 2.75) is 70.3 Å².